The monoisotopic (exact) mass is 216 g/mol. The van der Waals surface area contributed by atoms with Gasteiger partial charge >= 0.3 is 0 Å². The zero-order valence-electron chi connectivity index (χ0n) is 10.8. The second-order valence-electron chi connectivity index (χ2n) is 4.91. The second-order valence-corrected chi connectivity index (χ2v) is 4.91. The highest BCUT2D eigenvalue weighted by molar-refractivity contribution is 5.58. The van der Waals surface area contributed by atoms with Crippen LogP contribution in [0.15, 0.2) is 30.2 Å². The van der Waals surface area contributed by atoms with Gasteiger partial charge in [-0.25, -0.2) is 9.97 Å². The van der Waals surface area contributed by atoms with E-state index in [2.05, 4.69) is 49.0 Å². The molecule has 0 radical (unpaired) electrons. The van der Waals surface area contributed by atoms with E-state index in [0.717, 1.165) is 11.3 Å². The van der Waals surface area contributed by atoms with Gasteiger partial charge in [-0.05, 0) is 30.9 Å². The Morgan fingerprint density at radius 2 is 2.00 bits per heavy atom. The van der Waals surface area contributed by atoms with Crippen molar-refractivity contribution in [3.05, 3.63) is 41.5 Å². The molecule has 0 amide bonds. The predicted molar refractivity (Wildman–Crippen MR) is 69.0 cm³/mol. The van der Waals surface area contributed by atoms with Gasteiger partial charge in [-0.1, -0.05) is 32.9 Å². The highest BCUT2D eigenvalue weighted by Gasteiger charge is 2.14. The lowest BCUT2D eigenvalue weighted by Gasteiger charge is -2.20. The molecule has 1 heterocycles. The Hall–Kier alpha value is -1.44. The van der Waals surface area contributed by atoms with Crippen LogP contribution in [0.1, 0.15) is 39.0 Å². The molecule has 0 aliphatic heterocycles. The van der Waals surface area contributed by atoms with E-state index in [4.69, 9.17) is 0 Å². The summed E-state index contributed by atoms with van der Waals surface area (Å²) >= 11 is 0. The zero-order chi connectivity index (χ0) is 12.2. The fraction of sp³-hybridized carbons (Fsp3) is 0.429. The Morgan fingerprint density at radius 1 is 1.31 bits per heavy atom. The Bertz CT molecular complexity index is 409. The fourth-order valence-corrected chi connectivity index (χ4v) is 1.40. The third-order valence-corrected chi connectivity index (χ3v) is 2.47. The minimum atomic E-state index is 0.134. The molecule has 0 N–H and O–H groups in total. The molecule has 1 rings (SSSR count). The van der Waals surface area contributed by atoms with E-state index < -0.39 is 0 Å². The Labute approximate surface area is 98.1 Å². The van der Waals surface area contributed by atoms with Crippen molar-refractivity contribution in [3.8, 4) is 0 Å². The van der Waals surface area contributed by atoms with Crippen molar-refractivity contribution in [2.45, 2.75) is 34.6 Å². The van der Waals surface area contributed by atoms with Crippen LogP contribution in [0.4, 0.5) is 0 Å². The maximum atomic E-state index is 4.19. The smallest absolute Gasteiger partial charge is 0.115 e. The summed E-state index contributed by atoms with van der Waals surface area (Å²) in [5.41, 5.74) is 3.52. The minimum absolute atomic E-state index is 0.134. The molecular weight excluding hydrogens is 196 g/mol. The minimum Gasteiger partial charge on any atom is -0.244 e. The number of aromatic nitrogens is 2. The van der Waals surface area contributed by atoms with Crippen molar-refractivity contribution in [2.75, 3.05) is 0 Å². The molecule has 0 saturated heterocycles. The van der Waals surface area contributed by atoms with Crippen LogP contribution in [0.25, 0.3) is 6.08 Å². The second kappa shape index (κ2) is 5.06. The van der Waals surface area contributed by atoms with Crippen LogP contribution < -0.4 is 0 Å². The molecule has 0 aliphatic carbocycles. The van der Waals surface area contributed by atoms with Gasteiger partial charge < -0.3 is 0 Å². The SMILES string of the molecule is C/C=C\C(=C/c1cncnc1C)C(C)(C)C. The van der Waals surface area contributed by atoms with E-state index >= 15 is 0 Å². The van der Waals surface area contributed by atoms with Gasteiger partial charge in [0.25, 0.3) is 0 Å². The highest BCUT2D eigenvalue weighted by Crippen LogP contribution is 2.28. The number of hydrogen-bond acceptors (Lipinski definition) is 2. The summed E-state index contributed by atoms with van der Waals surface area (Å²) < 4.78 is 0. The van der Waals surface area contributed by atoms with Gasteiger partial charge in [0.05, 0.1) is 0 Å². The predicted octanol–water partition coefficient (Wildman–Crippen LogP) is 3.79. The lowest BCUT2D eigenvalue weighted by atomic mass is 9.85. The molecular formula is C14H20N2. The van der Waals surface area contributed by atoms with Crippen molar-refractivity contribution >= 4 is 6.08 Å². The lowest BCUT2D eigenvalue weighted by Crippen LogP contribution is -2.07. The van der Waals surface area contributed by atoms with E-state index in [1.165, 1.54) is 5.57 Å². The topological polar surface area (TPSA) is 25.8 Å². The van der Waals surface area contributed by atoms with Crippen LogP contribution in [0.2, 0.25) is 0 Å². The molecule has 86 valence electrons. The number of hydrogen-bond donors (Lipinski definition) is 0. The first-order valence-electron chi connectivity index (χ1n) is 5.56. The lowest BCUT2D eigenvalue weighted by molar-refractivity contribution is 0.520. The molecule has 0 saturated carbocycles. The van der Waals surface area contributed by atoms with Crippen LogP contribution in [0.5, 0.6) is 0 Å². The van der Waals surface area contributed by atoms with Gasteiger partial charge in [-0.2, -0.15) is 0 Å². The Kier molecular flexibility index (Phi) is 3.99. The zero-order valence-corrected chi connectivity index (χ0v) is 10.8. The Balaban J connectivity index is 3.18. The standard InChI is InChI=1S/C14H20N2/c1-6-7-13(14(3,4)5)8-12-9-15-10-16-11(12)2/h6-10H,1-5H3/b7-6-,13-8+. The van der Waals surface area contributed by atoms with E-state index in [1.54, 1.807) is 6.33 Å². The van der Waals surface area contributed by atoms with E-state index in [0.29, 0.717) is 0 Å². The van der Waals surface area contributed by atoms with Crippen LogP contribution >= 0.6 is 0 Å². The average molecular weight is 216 g/mol. The van der Waals surface area contributed by atoms with Gasteiger partial charge in [0.15, 0.2) is 0 Å². The summed E-state index contributed by atoms with van der Waals surface area (Å²) in [5.74, 6) is 0. The van der Waals surface area contributed by atoms with Gasteiger partial charge in [-0.15, -0.1) is 0 Å². The van der Waals surface area contributed by atoms with E-state index in [-0.39, 0.29) is 5.41 Å². The molecule has 0 unspecified atom stereocenters. The molecule has 0 bridgehead atoms. The maximum Gasteiger partial charge on any atom is 0.115 e. The molecule has 1 aromatic rings. The van der Waals surface area contributed by atoms with Crippen LogP contribution in [-0.2, 0) is 0 Å². The van der Waals surface area contributed by atoms with Crippen molar-refractivity contribution in [1.82, 2.24) is 9.97 Å². The number of rotatable bonds is 2. The third kappa shape index (κ3) is 3.30. The third-order valence-electron chi connectivity index (χ3n) is 2.47. The van der Waals surface area contributed by atoms with Crippen molar-refractivity contribution < 1.29 is 0 Å². The van der Waals surface area contributed by atoms with Crippen molar-refractivity contribution in [1.29, 1.82) is 0 Å². The maximum absolute atomic E-state index is 4.19. The molecule has 0 fully saturated rings. The summed E-state index contributed by atoms with van der Waals surface area (Å²) in [7, 11) is 0. The van der Waals surface area contributed by atoms with Gasteiger partial charge in [0.1, 0.15) is 6.33 Å². The fourth-order valence-electron chi connectivity index (χ4n) is 1.40. The van der Waals surface area contributed by atoms with Crippen LogP contribution in [0, 0.1) is 12.3 Å². The van der Waals surface area contributed by atoms with Crippen molar-refractivity contribution in [3.63, 3.8) is 0 Å². The molecule has 0 aromatic carbocycles. The average Bonchev–Trinajstić information content (AvgIpc) is 2.19. The Morgan fingerprint density at radius 3 is 2.50 bits per heavy atom. The molecule has 0 atom stereocenters. The first-order valence-corrected chi connectivity index (χ1v) is 5.56. The molecule has 16 heavy (non-hydrogen) atoms. The number of nitrogens with zero attached hydrogens (tertiary/aromatic N) is 2. The highest BCUT2D eigenvalue weighted by atomic mass is 14.8. The summed E-state index contributed by atoms with van der Waals surface area (Å²) in [6.45, 7) is 10.7. The summed E-state index contributed by atoms with van der Waals surface area (Å²) in [5, 5.41) is 0. The van der Waals surface area contributed by atoms with Gasteiger partial charge in [0.2, 0.25) is 0 Å². The quantitative estimate of drug-likeness (QED) is 0.703. The number of allylic oxidation sites excluding steroid dienone is 3. The molecule has 0 aliphatic rings. The molecule has 2 heteroatoms. The van der Waals surface area contributed by atoms with E-state index in [9.17, 15) is 0 Å². The molecule has 0 spiro atoms. The first kappa shape index (κ1) is 12.6. The summed E-state index contributed by atoms with van der Waals surface area (Å²) in [4.78, 5) is 8.26. The van der Waals surface area contributed by atoms with Gasteiger partial charge in [0, 0.05) is 17.5 Å². The summed E-state index contributed by atoms with van der Waals surface area (Å²) in [6, 6.07) is 0. The normalized spacial score (nSPS) is 13.4. The first-order chi connectivity index (χ1) is 7.45. The molecule has 2 nitrogen and oxygen atoms in total. The van der Waals surface area contributed by atoms with Crippen molar-refractivity contribution in [2.24, 2.45) is 5.41 Å². The van der Waals surface area contributed by atoms with Crippen LogP contribution in [0.3, 0.4) is 0 Å². The summed E-state index contributed by atoms with van der Waals surface area (Å²) in [6.07, 6.45) is 9.81. The number of aryl methyl sites for hydroxylation is 1. The largest absolute Gasteiger partial charge is 0.244 e. The van der Waals surface area contributed by atoms with E-state index in [1.807, 2.05) is 20.0 Å². The van der Waals surface area contributed by atoms with Gasteiger partial charge in [-0.3, -0.25) is 0 Å². The molecule has 1 aromatic heterocycles. The van der Waals surface area contributed by atoms with Crippen LogP contribution in [-0.4, -0.2) is 9.97 Å².